The predicted octanol–water partition coefficient (Wildman–Crippen LogP) is 1.09. The molecule has 0 fully saturated rings. The summed E-state index contributed by atoms with van der Waals surface area (Å²) in [5, 5.41) is 0. The number of hydrogen-bond donors (Lipinski definition) is 0. The first-order chi connectivity index (χ1) is 13.9. The van der Waals surface area contributed by atoms with Crippen LogP contribution in [0.4, 0.5) is 0 Å². The summed E-state index contributed by atoms with van der Waals surface area (Å²) in [5.41, 5.74) is 5.22. The van der Waals surface area contributed by atoms with Gasteiger partial charge in [0, 0.05) is 0 Å². The first-order valence-corrected chi connectivity index (χ1v) is 9.83. The van der Waals surface area contributed by atoms with Gasteiger partial charge in [-0.05, 0) is 17.0 Å². The van der Waals surface area contributed by atoms with Gasteiger partial charge >= 0.3 is 59.1 Å². The molecule has 0 bridgehead atoms. The molecule has 4 rings (SSSR count). The minimum atomic E-state index is 0. The smallest absolute Gasteiger partial charge is 0.337 e. The zero-order valence-electron chi connectivity index (χ0n) is 17.9. The van der Waals surface area contributed by atoms with E-state index in [1.54, 1.807) is 0 Å². The summed E-state index contributed by atoms with van der Waals surface area (Å²) in [6.45, 7) is 0. The average Bonchev–Trinajstić information content (AvgIpc) is 2.79. The van der Waals surface area contributed by atoms with E-state index >= 15 is 0 Å². The molecule has 0 nitrogen and oxygen atoms in total. The largest absolute Gasteiger partial charge is 1.00 e. The van der Waals surface area contributed by atoms with E-state index in [0.29, 0.717) is 5.92 Å². The molecule has 0 unspecified atom stereocenters. The fourth-order valence-corrected chi connectivity index (χ4v) is 3.71. The molecule has 0 radical (unpaired) electrons. The van der Waals surface area contributed by atoms with Crippen molar-refractivity contribution in [2.75, 3.05) is 0 Å². The summed E-state index contributed by atoms with van der Waals surface area (Å²) in [4.78, 5) is 0. The minimum Gasteiger partial charge on any atom is -0.337 e. The second-order valence-electron chi connectivity index (χ2n) is 6.96. The molecule has 0 spiro atoms. The quantitative estimate of drug-likeness (QED) is 0.319. The van der Waals surface area contributed by atoms with E-state index in [-0.39, 0.29) is 59.1 Å². The molecule has 0 aliphatic carbocycles. The molecule has 4 aromatic rings. The summed E-state index contributed by atoms with van der Waals surface area (Å²) in [7, 11) is 0. The van der Waals surface area contributed by atoms with E-state index in [2.05, 4.69) is 128 Å². The van der Waals surface area contributed by atoms with E-state index < -0.39 is 0 Å². The second kappa shape index (κ2) is 13.2. The van der Waals surface area contributed by atoms with Gasteiger partial charge in [-0.3, -0.25) is 5.92 Å². The van der Waals surface area contributed by atoms with Gasteiger partial charge < -0.3 is 6.42 Å². The Labute approximate surface area is 225 Å². The Bertz CT molecular complexity index is 792. The van der Waals surface area contributed by atoms with Gasteiger partial charge in [0.15, 0.2) is 0 Å². The van der Waals surface area contributed by atoms with Crippen LogP contribution in [0, 0.1) is 12.3 Å². The molecule has 4 aromatic carbocycles. The molecule has 138 valence electrons. The van der Waals surface area contributed by atoms with Crippen LogP contribution in [0.25, 0.3) is 0 Å². The van der Waals surface area contributed by atoms with Crippen LogP contribution in [0.15, 0.2) is 121 Å². The zero-order chi connectivity index (χ0) is 19.0. The van der Waals surface area contributed by atoms with Crippen LogP contribution in [0.5, 0.6) is 0 Å². The Hall–Kier alpha value is -1.25. The first-order valence-electron chi connectivity index (χ1n) is 9.83. The number of rotatable bonds is 7. The summed E-state index contributed by atoms with van der Waals surface area (Å²) < 4.78 is 0. The zero-order valence-corrected chi connectivity index (χ0v) is 21.9. The van der Waals surface area contributed by atoms with Crippen LogP contribution in [0.1, 0.15) is 34.6 Å². The Morgan fingerprint density at radius 1 is 0.500 bits per heavy atom. The van der Waals surface area contributed by atoms with Gasteiger partial charge in [0.05, 0.1) is 0 Å². The van der Waals surface area contributed by atoms with Gasteiger partial charge in [-0.25, -0.2) is 0 Å². The van der Waals surface area contributed by atoms with E-state index in [0.717, 1.165) is 6.42 Å². The molecule has 0 aliphatic rings. The monoisotopic (exact) mass is 406 g/mol. The van der Waals surface area contributed by atoms with E-state index in [4.69, 9.17) is 0 Å². The van der Waals surface area contributed by atoms with Crippen LogP contribution in [0.3, 0.4) is 0 Å². The van der Waals surface area contributed by atoms with Gasteiger partial charge in [-0.2, -0.15) is 17.5 Å². The van der Waals surface area contributed by atoms with Crippen molar-refractivity contribution in [1.82, 2.24) is 0 Å². The fourth-order valence-electron chi connectivity index (χ4n) is 3.71. The third-order valence-corrected chi connectivity index (χ3v) is 5.13. The Morgan fingerprint density at radius 2 is 0.833 bits per heavy atom. The summed E-state index contributed by atoms with van der Waals surface area (Å²) in [6, 6.07) is 43.0. The number of hydrogen-bond acceptors (Lipinski definition) is 0. The molecule has 2 heteroatoms. The summed E-state index contributed by atoms with van der Waals surface area (Å²) >= 11 is 0. The minimum absolute atomic E-state index is 0. The molecule has 0 heterocycles. The van der Waals surface area contributed by atoms with Crippen molar-refractivity contribution in [3.8, 4) is 0 Å². The van der Waals surface area contributed by atoms with Crippen molar-refractivity contribution in [3.05, 3.63) is 156 Å². The first kappa shape index (κ1) is 25.0. The van der Waals surface area contributed by atoms with Crippen LogP contribution < -0.4 is 59.1 Å². The molecule has 0 saturated carbocycles. The molecule has 0 N–H and O–H groups in total. The van der Waals surface area contributed by atoms with Gasteiger partial charge in [-0.15, -0.1) is 24.3 Å². The predicted molar refractivity (Wildman–Crippen MR) is 118 cm³/mol. The van der Waals surface area contributed by atoms with Gasteiger partial charge in [0.2, 0.25) is 0 Å². The van der Waals surface area contributed by atoms with Crippen LogP contribution in [0.2, 0.25) is 0 Å². The van der Waals surface area contributed by atoms with Gasteiger partial charge in [0.25, 0.3) is 0 Å². The fraction of sp³-hybridized carbons (Fsp3) is 0.0714. The normalized spacial score (nSPS) is 10.0. The van der Waals surface area contributed by atoms with Crippen molar-refractivity contribution >= 4 is 0 Å². The van der Waals surface area contributed by atoms with Gasteiger partial charge in [0.1, 0.15) is 0 Å². The molecule has 0 aliphatic heterocycles. The molecule has 0 amide bonds. The summed E-state index contributed by atoms with van der Waals surface area (Å²) in [6.07, 6.45) is 3.35. The van der Waals surface area contributed by atoms with Crippen molar-refractivity contribution in [2.24, 2.45) is 0 Å². The standard InChI is InChI=1S/C28H24.2Na/c1-5-13-23(14-6-1)27(24-15-7-2-8-16-24)21-22-28(25-17-9-3-10-18-25)26-19-11-4-12-20-26;;/h1-21,28H,22H2;;/q-2;2*+1. The topological polar surface area (TPSA) is 0 Å². The maximum atomic E-state index is 2.40. The van der Waals surface area contributed by atoms with Crippen molar-refractivity contribution in [3.63, 3.8) is 0 Å². The molecular formula is C28H24Na2. The van der Waals surface area contributed by atoms with Crippen molar-refractivity contribution in [2.45, 2.75) is 12.3 Å². The molecule has 30 heavy (non-hydrogen) atoms. The number of benzene rings is 4. The van der Waals surface area contributed by atoms with Crippen LogP contribution >= 0.6 is 0 Å². The average molecular weight is 406 g/mol. The summed E-state index contributed by atoms with van der Waals surface area (Å²) in [5.74, 6) is 1.63. The third-order valence-electron chi connectivity index (χ3n) is 5.13. The van der Waals surface area contributed by atoms with Gasteiger partial charge in [-0.1, -0.05) is 97.1 Å². The molecule has 0 atom stereocenters. The Kier molecular flexibility index (Phi) is 11.0. The SMILES string of the molecule is [Na+].[Na+].c1ccc([C-]([CH-]CC(c2ccccc2)c2ccccc2)c2ccccc2)cc1. The van der Waals surface area contributed by atoms with Crippen molar-refractivity contribution in [1.29, 1.82) is 0 Å². The van der Waals surface area contributed by atoms with Crippen molar-refractivity contribution < 1.29 is 59.1 Å². The van der Waals surface area contributed by atoms with Crippen LogP contribution in [-0.2, 0) is 0 Å². The van der Waals surface area contributed by atoms with E-state index in [9.17, 15) is 0 Å². The van der Waals surface area contributed by atoms with Crippen LogP contribution in [-0.4, -0.2) is 0 Å². The molecular weight excluding hydrogens is 382 g/mol. The maximum absolute atomic E-state index is 2.40. The second-order valence-corrected chi connectivity index (χ2v) is 6.96. The Balaban J connectivity index is 0.00000160. The maximum Gasteiger partial charge on any atom is 1.00 e. The Morgan fingerprint density at radius 3 is 1.20 bits per heavy atom. The van der Waals surface area contributed by atoms with E-state index in [1.807, 2.05) is 0 Å². The van der Waals surface area contributed by atoms with E-state index in [1.165, 1.54) is 28.2 Å². The molecule has 0 aromatic heterocycles. The third kappa shape index (κ3) is 6.62. The molecule has 0 saturated heterocycles.